The minimum Gasteiger partial charge on any atom is -0.352 e. The van der Waals surface area contributed by atoms with Crippen molar-refractivity contribution in [3.05, 3.63) is 0 Å². The van der Waals surface area contributed by atoms with Gasteiger partial charge in [0.1, 0.15) is 0 Å². The molecule has 0 aromatic rings. The summed E-state index contributed by atoms with van der Waals surface area (Å²) >= 11 is 0. The molecule has 0 radical (unpaired) electrons. The average Bonchev–Trinajstić information content (AvgIpc) is 2.39. The summed E-state index contributed by atoms with van der Waals surface area (Å²) in [5, 5.41) is 6.65. The van der Waals surface area contributed by atoms with E-state index in [4.69, 9.17) is 0 Å². The van der Waals surface area contributed by atoms with Crippen LogP contribution in [0, 0.1) is 5.92 Å². The number of amides is 1. The Balaban J connectivity index is 1.78. The zero-order valence-corrected chi connectivity index (χ0v) is 11.9. The van der Waals surface area contributed by atoms with E-state index in [1.165, 1.54) is 44.9 Å². The summed E-state index contributed by atoms with van der Waals surface area (Å²) in [4.78, 5) is 12.2. The Kier molecular flexibility index (Phi) is 5.04. The van der Waals surface area contributed by atoms with Gasteiger partial charge in [0.15, 0.2) is 0 Å². The highest BCUT2D eigenvalue weighted by Crippen LogP contribution is 2.26. The van der Waals surface area contributed by atoms with Gasteiger partial charge in [0.25, 0.3) is 0 Å². The maximum atomic E-state index is 12.2. The molecular formula is C15H28N2O. The van der Waals surface area contributed by atoms with E-state index in [-0.39, 0.29) is 11.9 Å². The highest BCUT2D eigenvalue weighted by molar-refractivity contribution is 5.82. The van der Waals surface area contributed by atoms with Gasteiger partial charge in [0.05, 0.1) is 6.04 Å². The molecule has 2 fully saturated rings. The predicted octanol–water partition coefficient (Wildman–Crippen LogP) is 2.60. The van der Waals surface area contributed by atoms with Crippen LogP contribution < -0.4 is 10.6 Å². The molecule has 0 aromatic heterocycles. The molecule has 3 heteroatoms. The Morgan fingerprint density at radius 3 is 2.50 bits per heavy atom. The molecule has 0 aromatic carbocycles. The molecule has 2 rings (SSSR count). The van der Waals surface area contributed by atoms with Gasteiger partial charge in [-0.25, -0.2) is 0 Å². The van der Waals surface area contributed by atoms with Gasteiger partial charge >= 0.3 is 0 Å². The summed E-state index contributed by atoms with van der Waals surface area (Å²) in [5.74, 6) is 0.920. The van der Waals surface area contributed by atoms with E-state index in [2.05, 4.69) is 24.5 Å². The summed E-state index contributed by atoms with van der Waals surface area (Å²) in [6.07, 6.45) is 9.98. The van der Waals surface area contributed by atoms with E-state index in [1.54, 1.807) is 0 Å². The van der Waals surface area contributed by atoms with Crippen molar-refractivity contribution in [2.45, 2.75) is 83.3 Å². The summed E-state index contributed by atoms with van der Waals surface area (Å²) < 4.78 is 0. The highest BCUT2D eigenvalue weighted by atomic mass is 16.2. The van der Waals surface area contributed by atoms with Gasteiger partial charge in [0, 0.05) is 12.1 Å². The zero-order valence-electron chi connectivity index (χ0n) is 11.9. The third-order valence-corrected chi connectivity index (χ3v) is 4.66. The number of carbonyl (C=O) groups is 1. The molecule has 1 amide bonds. The molecule has 1 saturated heterocycles. The molecule has 0 spiro atoms. The molecule has 2 aliphatic rings. The molecule has 1 heterocycles. The molecule has 3 nitrogen and oxygen atoms in total. The monoisotopic (exact) mass is 252 g/mol. The first-order chi connectivity index (χ1) is 8.66. The summed E-state index contributed by atoms with van der Waals surface area (Å²) in [6, 6.07) is 0.871. The number of hydrogen-bond donors (Lipinski definition) is 2. The van der Waals surface area contributed by atoms with Crippen LogP contribution in [-0.2, 0) is 4.79 Å². The van der Waals surface area contributed by atoms with Crippen molar-refractivity contribution >= 4 is 5.91 Å². The first kappa shape index (κ1) is 13.9. The van der Waals surface area contributed by atoms with E-state index < -0.39 is 0 Å². The minimum atomic E-state index is 0.0415. The number of rotatable bonds is 3. The fourth-order valence-electron chi connectivity index (χ4n) is 3.42. The van der Waals surface area contributed by atoms with Crippen molar-refractivity contribution in [3.8, 4) is 0 Å². The first-order valence-electron chi connectivity index (χ1n) is 7.73. The second-order valence-corrected chi connectivity index (χ2v) is 6.25. The average molecular weight is 252 g/mol. The van der Waals surface area contributed by atoms with Crippen LogP contribution in [0.3, 0.4) is 0 Å². The van der Waals surface area contributed by atoms with Crippen molar-refractivity contribution in [3.63, 3.8) is 0 Å². The molecule has 3 unspecified atom stereocenters. The Morgan fingerprint density at radius 1 is 1.11 bits per heavy atom. The van der Waals surface area contributed by atoms with Gasteiger partial charge in [-0.3, -0.25) is 4.79 Å². The number of nitrogens with one attached hydrogen (secondary N) is 2. The van der Waals surface area contributed by atoms with Crippen LogP contribution in [-0.4, -0.2) is 24.0 Å². The van der Waals surface area contributed by atoms with Gasteiger partial charge in [-0.1, -0.05) is 19.3 Å². The molecule has 2 N–H and O–H groups in total. The smallest absolute Gasteiger partial charge is 0.237 e. The lowest BCUT2D eigenvalue weighted by Gasteiger charge is -2.32. The van der Waals surface area contributed by atoms with Crippen molar-refractivity contribution in [2.24, 2.45) is 5.92 Å². The molecule has 1 saturated carbocycles. The topological polar surface area (TPSA) is 41.1 Å². The lowest BCUT2D eigenvalue weighted by molar-refractivity contribution is -0.125. The molecule has 18 heavy (non-hydrogen) atoms. The van der Waals surface area contributed by atoms with Gasteiger partial charge in [-0.15, -0.1) is 0 Å². The third kappa shape index (κ3) is 3.71. The normalized spacial score (nSPS) is 31.9. The van der Waals surface area contributed by atoms with E-state index in [1.807, 2.05) is 0 Å². The SMILES string of the molecule is CC1CCCC(C(=O)NC(C)C2CCCCC2)N1. The lowest BCUT2D eigenvalue weighted by Crippen LogP contribution is -2.53. The van der Waals surface area contributed by atoms with Gasteiger partial charge < -0.3 is 10.6 Å². The Hall–Kier alpha value is -0.570. The lowest BCUT2D eigenvalue weighted by atomic mass is 9.84. The highest BCUT2D eigenvalue weighted by Gasteiger charge is 2.27. The molecular weight excluding hydrogens is 224 g/mol. The predicted molar refractivity (Wildman–Crippen MR) is 74.4 cm³/mol. The standard InChI is InChI=1S/C15H28N2O/c1-11-7-6-10-14(16-11)15(18)17-12(2)13-8-4-3-5-9-13/h11-14,16H,3-10H2,1-2H3,(H,17,18). The van der Waals surface area contributed by atoms with Crippen LogP contribution >= 0.6 is 0 Å². The van der Waals surface area contributed by atoms with Gasteiger partial charge in [0.2, 0.25) is 5.91 Å². The van der Waals surface area contributed by atoms with E-state index in [9.17, 15) is 4.79 Å². The summed E-state index contributed by atoms with van der Waals surface area (Å²) in [6.45, 7) is 4.35. The van der Waals surface area contributed by atoms with E-state index in [0.29, 0.717) is 18.0 Å². The van der Waals surface area contributed by atoms with Crippen molar-refractivity contribution in [2.75, 3.05) is 0 Å². The van der Waals surface area contributed by atoms with Crippen molar-refractivity contribution in [1.29, 1.82) is 0 Å². The minimum absolute atomic E-state index is 0.0415. The van der Waals surface area contributed by atoms with E-state index >= 15 is 0 Å². The largest absolute Gasteiger partial charge is 0.352 e. The maximum absolute atomic E-state index is 12.2. The maximum Gasteiger partial charge on any atom is 0.237 e. The van der Waals surface area contributed by atoms with Crippen LogP contribution in [0.1, 0.15) is 65.2 Å². The Morgan fingerprint density at radius 2 is 1.83 bits per heavy atom. The fourth-order valence-corrected chi connectivity index (χ4v) is 3.42. The first-order valence-corrected chi connectivity index (χ1v) is 7.73. The number of piperidine rings is 1. The number of hydrogen-bond acceptors (Lipinski definition) is 2. The van der Waals surface area contributed by atoms with Crippen LogP contribution in [0.15, 0.2) is 0 Å². The summed E-state index contributed by atoms with van der Waals surface area (Å²) in [7, 11) is 0. The van der Waals surface area contributed by atoms with Gasteiger partial charge in [-0.2, -0.15) is 0 Å². The molecule has 1 aliphatic heterocycles. The van der Waals surface area contributed by atoms with Crippen molar-refractivity contribution < 1.29 is 4.79 Å². The van der Waals surface area contributed by atoms with Crippen LogP contribution in [0.5, 0.6) is 0 Å². The zero-order chi connectivity index (χ0) is 13.0. The Bertz CT molecular complexity index is 274. The van der Waals surface area contributed by atoms with Crippen LogP contribution in [0.4, 0.5) is 0 Å². The summed E-state index contributed by atoms with van der Waals surface area (Å²) in [5.41, 5.74) is 0. The second-order valence-electron chi connectivity index (χ2n) is 6.25. The van der Waals surface area contributed by atoms with Gasteiger partial charge in [-0.05, 0) is 51.9 Å². The third-order valence-electron chi connectivity index (χ3n) is 4.66. The molecule has 1 aliphatic carbocycles. The molecule has 104 valence electrons. The number of carbonyl (C=O) groups excluding carboxylic acids is 1. The van der Waals surface area contributed by atoms with Crippen molar-refractivity contribution in [1.82, 2.24) is 10.6 Å². The quantitative estimate of drug-likeness (QED) is 0.810. The Labute approximate surface area is 111 Å². The fraction of sp³-hybridized carbons (Fsp3) is 0.933. The second kappa shape index (κ2) is 6.55. The molecule has 0 bridgehead atoms. The van der Waals surface area contributed by atoms with Crippen LogP contribution in [0.2, 0.25) is 0 Å². The molecule has 3 atom stereocenters. The van der Waals surface area contributed by atoms with Crippen LogP contribution in [0.25, 0.3) is 0 Å². The van der Waals surface area contributed by atoms with E-state index in [0.717, 1.165) is 6.42 Å².